The normalized spacial score (nSPS) is 34.2. The van der Waals surface area contributed by atoms with Crippen LogP contribution in [0.5, 0.6) is 5.75 Å². The zero-order valence-electron chi connectivity index (χ0n) is 12.7. The maximum Gasteiger partial charge on any atom is 0.404 e. The van der Waals surface area contributed by atoms with Crippen LogP contribution in [0.25, 0.3) is 0 Å². The Hall–Kier alpha value is -2.31. The Kier molecular flexibility index (Phi) is 2.93. The van der Waals surface area contributed by atoms with Crippen LogP contribution in [0.3, 0.4) is 0 Å². The molecule has 4 unspecified atom stereocenters. The summed E-state index contributed by atoms with van der Waals surface area (Å²) in [4.78, 5) is 26.3. The molecule has 0 spiro atoms. The number of amides is 2. The highest BCUT2D eigenvalue weighted by Crippen LogP contribution is 2.67. The van der Waals surface area contributed by atoms with E-state index in [0.717, 1.165) is 0 Å². The number of allylic oxidation sites excluding steroid dienone is 2. The molecule has 2 amide bonds. The van der Waals surface area contributed by atoms with Crippen molar-refractivity contribution in [1.29, 1.82) is 0 Å². The Morgan fingerprint density at radius 3 is 2.38 bits per heavy atom. The van der Waals surface area contributed by atoms with Crippen molar-refractivity contribution in [3.63, 3.8) is 0 Å². The Morgan fingerprint density at radius 1 is 1.17 bits per heavy atom. The van der Waals surface area contributed by atoms with E-state index < -0.39 is 41.2 Å². The average Bonchev–Trinajstić information content (AvgIpc) is 3.19. The van der Waals surface area contributed by atoms with Gasteiger partial charge in [0.1, 0.15) is 5.75 Å². The molecule has 126 valence electrons. The standard InChI is InChI=1S/C17H14F3NO3/c1-24-12-6-4-11(5-7-12)21-14(22)13-9-2-3-10(8-9)16(13,15(21)23)17(18,19)20/h2-7,9-10,13H,8H2,1H3. The predicted octanol–water partition coefficient (Wildman–Crippen LogP) is 2.94. The summed E-state index contributed by atoms with van der Waals surface area (Å²) in [6.07, 6.45) is -1.48. The first-order chi connectivity index (χ1) is 11.3. The van der Waals surface area contributed by atoms with E-state index in [4.69, 9.17) is 4.74 Å². The lowest BCUT2D eigenvalue weighted by Gasteiger charge is -2.34. The second kappa shape index (κ2) is 4.62. The third kappa shape index (κ3) is 1.59. The fraction of sp³-hybridized carbons (Fsp3) is 0.412. The molecular weight excluding hydrogens is 323 g/mol. The molecule has 4 rings (SSSR count). The molecular formula is C17H14F3NO3. The van der Waals surface area contributed by atoms with Crippen LogP contribution < -0.4 is 9.64 Å². The number of fused-ring (bicyclic) bond motifs is 5. The van der Waals surface area contributed by atoms with Crippen molar-refractivity contribution >= 4 is 17.5 Å². The lowest BCUT2D eigenvalue weighted by atomic mass is 9.69. The Morgan fingerprint density at radius 2 is 1.83 bits per heavy atom. The van der Waals surface area contributed by atoms with Gasteiger partial charge in [-0.3, -0.25) is 9.59 Å². The summed E-state index contributed by atoms with van der Waals surface area (Å²) >= 11 is 0. The highest BCUT2D eigenvalue weighted by atomic mass is 19.4. The molecule has 2 bridgehead atoms. The lowest BCUT2D eigenvalue weighted by Crippen LogP contribution is -2.51. The first-order valence-corrected chi connectivity index (χ1v) is 7.60. The van der Waals surface area contributed by atoms with E-state index in [1.807, 2.05) is 0 Å². The van der Waals surface area contributed by atoms with Gasteiger partial charge in [-0.1, -0.05) is 12.2 Å². The fourth-order valence-corrected chi connectivity index (χ4v) is 4.46. The van der Waals surface area contributed by atoms with Gasteiger partial charge in [0.25, 0.3) is 5.91 Å². The average molecular weight is 337 g/mol. The second-order valence-corrected chi connectivity index (χ2v) is 6.41. The van der Waals surface area contributed by atoms with Crippen molar-refractivity contribution in [2.75, 3.05) is 12.0 Å². The number of benzene rings is 1. The molecule has 3 aliphatic rings. The van der Waals surface area contributed by atoms with E-state index in [1.165, 1.54) is 37.5 Å². The van der Waals surface area contributed by atoms with Crippen LogP contribution >= 0.6 is 0 Å². The molecule has 0 N–H and O–H groups in total. The van der Waals surface area contributed by atoms with Gasteiger partial charge in [0, 0.05) is 5.92 Å². The number of rotatable bonds is 2. The van der Waals surface area contributed by atoms with E-state index in [0.29, 0.717) is 10.6 Å². The van der Waals surface area contributed by atoms with Crippen molar-refractivity contribution in [3.05, 3.63) is 36.4 Å². The fourth-order valence-electron chi connectivity index (χ4n) is 4.46. The third-order valence-corrected chi connectivity index (χ3v) is 5.46. The maximum absolute atomic E-state index is 13.9. The largest absolute Gasteiger partial charge is 0.497 e. The van der Waals surface area contributed by atoms with E-state index in [1.54, 1.807) is 6.08 Å². The molecule has 0 radical (unpaired) electrons. The molecule has 1 aliphatic heterocycles. The Bertz CT molecular complexity index is 755. The minimum Gasteiger partial charge on any atom is -0.497 e. The van der Waals surface area contributed by atoms with Crippen LogP contribution in [-0.2, 0) is 9.59 Å². The van der Waals surface area contributed by atoms with Gasteiger partial charge in [0.05, 0.1) is 18.7 Å². The molecule has 1 saturated heterocycles. The van der Waals surface area contributed by atoms with E-state index in [-0.39, 0.29) is 12.1 Å². The summed E-state index contributed by atoms with van der Waals surface area (Å²) in [6.45, 7) is 0. The molecule has 2 fully saturated rings. The van der Waals surface area contributed by atoms with Crippen LogP contribution in [0.2, 0.25) is 0 Å². The SMILES string of the molecule is COc1ccc(N2C(=O)C3C4C=CC(C4)C3(C(F)(F)F)C2=O)cc1. The van der Waals surface area contributed by atoms with Crippen LogP contribution in [0, 0.1) is 23.2 Å². The molecule has 24 heavy (non-hydrogen) atoms. The number of hydrogen-bond donors (Lipinski definition) is 0. The van der Waals surface area contributed by atoms with Crippen molar-refractivity contribution in [2.45, 2.75) is 12.6 Å². The van der Waals surface area contributed by atoms with Gasteiger partial charge < -0.3 is 4.74 Å². The van der Waals surface area contributed by atoms with Crippen molar-refractivity contribution in [1.82, 2.24) is 0 Å². The summed E-state index contributed by atoms with van der Waals surface area (Å²) in [5.74, 6) is -4.29. The molecule has 1 aromatic carbocycles. The van der Waals surface area contributed by atoms with E-state index >= 15 is 0 Å². The second-order valence-electron chi connectivity index (χ2n) is 6.41. The first-order valence-electron chi connectivity index (χ1n) is 7.60. The number of methoxy groups -OCH3 is 1. The van der Waals surface area contributed by atoms with Gasteiger partial charge in [-0.05, 0) is 36.6 Å². The molecule has 4 atom stereocenters. The number of carbonyl (C=O) groups excluding carboxylic acids is 2. The van der Waals surface area contributed by atoms with Crippen molar-refractivity contribution in [2.24, 2.45) is 23.2 Å². The summed E-state index contributed by atoms with van der Waals surface area (Å²) in [6, 6.07) is 5.87. The zero-order chi connectivity index (χ0) is 17.3. The predicted molar refractivity (Wildman–Crippen MR) is 78.2 cm³/mol. The van der Waals surface area contributed by atoms with Gasteiger partial charge in [-0.2, -0.15) is 13.2 Å². The molecule has 0 aromatic heterocycles. The van der Waals surface area contributed by atoms with Crippen LogP contribution in [0.4, 0.5) is 18.9 Å². The Balaban J connectivity index is 1.83. The maximum atomic E-state index is 13.9. The molecule has 1 saturated carbocycles. The van der Waals surface area contributed by atoms with Crippen molar-refractivity contribution in [3.8, 4) is 5.75 Å². The highest BCUT2D eigenvalue weighted by molar-refractivity contribution is 6.24. The van der Waals surface area contributed by atoms with Crippen LogP contribution in [-0.4, -0.2) is 25.1 Å². The summed E-state index contributed by atoms with van der Waals surface area (Å²) < 4.78 is 46.8. The van der Waals surface area contributed by atoms with Gasteiger partial charge >= 0.3 is 6.18 Å². The molecule has 4 nitrogen and oxygen atoms in total. The summed E-state index contributed by atoms with van der Waals surface area (Å²) in [5, 5.41) is 0. The van der Waals surface area contributed by atoms with Gasteiger partial charge in [-0.25, -0.2) is 4.90 Å². The molecule has 7 heteroatoms. The van der Waals surface area contributed by atoms with Crippen molar-refractivity contribution < 1.29 is 27.5 Å². The quantitative estimate of drug-likeness (QED) is 0.616. The number of nitrogens with zero attached hydrogens (tertiary/aromatic N) is 1. The van der Waals surface area contributed by atoms with E-state index in [9.17, 15) is 22.8 Å². The first kappa shape index (κ1) is 15.2. The number of ether oxygens (including phenoxy) is 1. The zero-order valence-corrected chi connectivity index (χ0v) is 12.7. The van der Waals surface area contributed by atoms with Gasteiger partial charge in [0.15, 0.2) is 5.41 Å². The number of imide groups is 1. The molecule has 2 aliphatic carbocycles. The van der Waals surface area contributed by atoms with Gasteiger partial charge in [-0.15, -0.1) is 0 Å². The minimum atomic E-state index is -4.77. The number of halogens is 3. The van der Waals surface area contributed by atoms with Gasteiger partial charge in [0.2, 0.25) is 5.91 Å². The smallest absolute Gasteiger partial charge is 0.404 e. The summed E-state index contributed by atoms with van der Waals surface area (Å²) in [7, 11) is 1.45. The van der Waals surface area contributed by atoms with Crippen LogP contribution in [0.1, 0.15) is 6.42 Å². The number of carbonyl (C=O) groups is 2. The molecule has 1 heterocycles. The number of anilines is 1. The minimum absolute atomic E-state index is 0.142. The third-order valence-electron chi connectivity index (χ3n) is 5.46. The van der Waals surface area contributed by atoms with Crippen LogP contribution in [0.15, 0.2) is 36.4 Å². The number of alkyl halides is 3. The summed E-state index contributed by atoms with van der Waals surface area (Å²) in [5.41, 5.74) is -2.48. The van der Waals surface area contributed by atoms with E-state index in [2.05, 4.69) is 0 Å². The Labute approximate surface area is 135 Å². The highest BCUT2D eigenvalue weighted by Gasteiger charge is 2.80. The topological polar surface area (TPSA) is 46.6 Å². The number of hydrogen-bond acceptors (Lipinski definition) is 3. The monoisotopic (exact) mass is 337 g/mol. The lowest BCUT2D eigenvalue weighted by molar-refractivity contribution is -0.233. The molecule has 1 aromatic rings.